The van der Waals surface area contributed by atoms with E-state index in [2.05, 4.69) is 26.2 Å². The zero-order valence-corrected chi connectivity index (χ0v) is 23.6. The van der Waals surface area contributed by atoms with Gasteiger partial charge in [-0.15, -0.1) is 6.40 Å². The minimum Gasteiger partial charge on any atom is -0.508 e. The van der Waals surface area contributed by atoms with Crippen LogP contribution >= 0.6 is 0 Å². The highest BCUT2D eigenvalue weighted by atomic mass is 19.1. The lowest BCUT2D eigenvalue weighted by Gasteiger charge is -2.46. The minimum atomic E-state index is -2.54. The fourth-order valence-corrected chi connectivity index (χ4v) is 7.41. The molecule has 0 radical (unpaired) electrons. The predicted molar refractivity (Wildman–Crippen MR) is 160 cm³/mol. The third-order valence-electron chi connectivity index (χ3n) is 9.50. The highest BCUT2D eigenvalue weighted by Crippen LogP contribution is 2.42. The molecular weight excluding hydrogens is 569 g/mol. The second kappa shape index (κ2) is 10.2. The van der Waals surface area contributed by atoms with Crippen LogP contribution in [0, 0.1) is 24.0 Å². The second-order valence-corrected chi connectivity index (χ2v) is 12.1. The monoisotopic (exact) mass is 604 g/mol. The first-order chi connectivity index (χ1) is 22.9. The van der Waals surface area contributed by atoms with Crippen molar-refractivity contribution < 1.29 is 28.5 Å². The molecule has 8 nitrogen and oxygen atoms in total. The van der Waals surface area contributed by atoms with E-state index in [0.717, 1.165) is 18.9 Å². The van der Waals surface area contributed by atoms with E-state index in [1.54, 1.807) is 4.90 Å². The fourth-order valence-electron chi connectivity index (χ4n) is 7.41. The van der Waals surface area contributed by atoms with Crippen molar-refractivity contribution in [3.8, 4) is 35.3 Å². The van der Waals surface area contributed by atoms with Crippen molar-refractivity contribution in [1.29, 1.82) is 0 Å². The second-order valence-electron chi connectivity index (χ2n) is 12.1. The Kier molecular flexibility index (Phi) is 5.40. The zero-order valence-electron chi connectivity index (χ0n) is 27.6. The number of piperazine rings is 1. The molecule has 11 heteroatoms. The number of terminal acetylenes is 1. The molecule has 5 saturated heterocycles. The number of benzene rings is 2. The normalized spacial score (nSPS) is 29.6. The van der Waals surface area contributed by atoms with Crippen LogP contribution in [0.5, 0.6) is 11.8 Å². The molecule has 2 aromatic carbocycles. The summed E-state index contributed by atoms with van der Waals surface area (Å²) in [5, 5.41) is 14.8. The van der Waals surface area contributed by atoms with Crippen LogP contribution in [-0.4, -0.2) is 81.5 Å². The molecule has 226 valence electrons. The van der Waals surface area contributed by atoms with Gasteiger partial charge in [-0.25, -0.2) is 13.2 Å². The van der Waals surface area contributed by atoms with E-state index in [4.69, 9.17) is 10.2 Å². The number of fused-ring (bicyclic) bond motifs is 6. The number of rotatable bonds is 5. The van der Waals surface area contributed by atoms with Crippen molar-refractivity contribution >= 4 is 27.5 Å². The summed E-state index contributed by atoms with van der Waals surface area (Å²) in [6, 6.07) is 4.89. The number of hydrogen-bond acceptors (Lipinski definition) is 8. The summed E-state index contributed by atoms with van der Waals surface area (Å²) < 4.78 is 86.4. The van der Waals surface area contributed by atoms with Crippen molar-refractivity contribution in [2.24, 2.45) is 0 Å². The van der Waals surface area contributed by atoms with E-state index in [9.17, 15) is 13.9 Å². The molecule has 0 aliphatic carbocycles. The van der Waals surface area contributed by atoms with Crippen LogP contribution in [0.2, 0.25) is 0 Å². The van der Waals surface area contributed by atoms with Crippen LogP contribution in [-0.2, 0) is 0 Å². The van der Waals surface area contributed by atoms with Gasteiger partial charge in [0, 0.05) is 55.3 Å². The molecule has 5 fully saturated rings. The molecule has 2 N–H and O–H groups in total. The Morgan fingerprint density at radius 3 is 2.98 bits per heavy atom. The highest BCUT2D eigenvalue weighted by molar-refractivity contribution is 6.03. The Balaban J connectivity index is 1.32. The van der Waals surface area contributed by atoms with Gasteiger partial charge >= 0.3 is 6.01 Å². The maximum atomic E-state index is 16.9. The topological polar surface area (TPSA) is 86.6 Å². The van der Waals surface area contributed by atoms with Crippen molar-refractivity contribution in [3.63, 3.8) is 0 Å². The smallest absolute Gasteiger partial charge is 0.319 e. The molecule has 7 heterocycles. The Bertz CT molecular complexity index is 2050. The SMILES string of the molecule is [2H]C#Cc1c(F)ccc2cc(O)cc(-c3ncc4c(N5CC6CCC5CN6)nc(OC([2H])([2H])[C@@]56CCCN5C[C@]([2H])(F)C6)nc4c3F)c12. The van der Waals surface area contributed by atoms with Crippen LogP contribution in [0.4, 0.5) is 19.0 Å². The number of ether oxygens (including phenoxy) is 1. The Morgan fingerprint density at radius 2 is 2.18 bits per heavy atom. The number of aromatic nitrogens is 3. The lowest BCUT2D eigenvalue weighted by Crippen LogP contribution is -2.61. The Hall–Kier alpha value is -4.14. The van der Waals surface area contributed by atoms with Gasteiger partial charge in [0.1, 0.15) is 42.7 Å². The Morgan fingerprint density at radius 1 is 1.27 bits per heavy atom. The highest BCUT2D eigenvalue weighted by Gasteiger charge is 2.49. The standard InChI is InChI=1S/C33H31F3N6O2/c1-2-23-26(35)7-4-18-10-22(43)11-24(27(18)23)29-28(36)30-25(14-38-29)31(42-16-20-5-6-21(42)13-37-20)40-32(39-30)44-17-33-8-3-9-41(33)15-19(34)12-33/h1,4,7,10-11,14,19-21,37,43H,3,5-6,8-9,12-13,15-17H2/t19-,20?,21?,33+/m1/s1/i1D,17D2,19D. The third-order valence-corrected chi connectivity index (χ3v) is 9.50. The lowest BCUT2D eigenvalue weighted by atomic mass is 9.92. The molecule has 9 rings (SSSR count). The first kappa shape index (κ1) is 23.3. The molecule has 5 aliphatic heterocycles. The molecule has 2 aromatic heterocycles. The molecule has 2 unspecified atom stereocenters. The number of piperidine rings is 2. The van der Waals surface area contributed by atoms with Crippen LogP contribution in [0.15, 0.2) is 30.5 Å². The molecule has 0 amide bonds. The van der Waals surface area contributed by atoms with Gasteiger partial charge in [0.05, 0.1) is 20.6 Å². The number of alkyl halides is 1. The maximum Gasteiger partial charge on any atom is 0.319 e. The van der Waals surface area contributed by atoms with E-state index in [1.165, 1.54) is 24.4 Å². The minimum absolute atomic E-state index is 0.0126. The average Bonchev–Trinajstić information content (AvgIpc) is 3.57. The largest absolute Gasteiger partial charge is 0.508 e. The average molecular weight is 605 g/mol. The number of halogens is 3. The summed E-state index contributed by atoms with van der Waals surface area (Å²) in [5.41, 5.74) is -2.10. The number of pyridine rings is 1. The summed E-state index contributed by atoms with van der Waals surface area (Å²) in [7, 11) is 0. The van der Waals surface area contributed by atoms with Crippen LogP contribution in [0.1, 0.15) is 43.2 Å². The summed E-state index contributed by atoms with van der Waals surface area (Å²) in [6.45, 7) is -1.16. The van der Waals surface area contributed by atoms with Crippen molar-refractivity contribution in [2.75, 3.05) is 37.6 Å². The quantitative estimate of drug-likeness (QED) is 0.317. The molecule has 4 aromatic rings. The van der Waals surface area contributed by atoms with Crippen molar-refractivity contribution in [2.45, 2.75) is 55.9 Å². The Labute approximate surface area is 257 Å². The molecule has 4 atom stereocenters. The summed E-state index contributed by atoms with van der Waals surface area (Å²) in [5.74, 6) is 0.817. The van der Waals surface area contributed by atoms with Gasteiger partial charge < -0.3 is 20.1 Å². The fraction of sp³-hybridized carbons (Fsp3) is 0.424. The van der Waals surface area contributed by atoms with Gasteiger partial charge in [-0.05, 0) is 55.8 Å². The van der Waals surface area contributed by atoms with Gasteiger partial charge in [-0.3, -0.25) is 9.88 Å². The number of aromatic hydroxyl groups is 1. The van der Waals surface area contributed by atoms with Gasteiger partial charge in [-0.1, -0.05) is 12.0 Å². The molecule has 5 aliphatic rings. The number of nitrogens with one attached hydrogen (secondary N) is 1. The van der Waals surface area contributed by atoms with Gasteiger partial charge in [0.2, 0.25) is 0 Å². The number of nitrogens with zero attached hydrogens (tertiary/aromatic N) is 5. The first-order valence-corrected chi connectivity index (χ1v) is 14.8. The van der Waals surface area contributed by atoms with E-state index < -0.39 is 42.3 Å². The van der Waals surface area contributed by atoms with E-state index in [-0.39, 0.29) is 63.9 Å². The molecule has 2 bridgehead atoms. The number of anilines is 1. The number of phenols is 1. The van der Waals surface area contributed by atoms with Crippen molar-refractivity contribution in [1.82, 2.24) is 25.2 Å². The van der Waals surface area contributed by atoms with Gasteiger partial charge in [0.25, 0.3) is 0 Å². The molecule has 44 heavy (non-hydrogen) atoms. The number of phenolic OH excluding ortho intramolecular Hbond substituents is 1. The van der Waals surface area contributed by atoms with Crippen LogP contribution in [0.3, 0.4) is 0 Å². The van der Waals surface area contributed by atoms with E-state index in [1.807, 2.05) is 11.3 Å². The van der Waals surface area contributed by atoms with E-state index >= 15 is 4.39 Å². The van der Waals surface area contributed by atoms with Crippen molar-refractivity contribution in [3.05, 3.63) is 47.7 Å². The van der Waals surface area contributed by atoms with Crippen LogP contribution in [0.25, 0.3) is 32.9 Å². The maximum absolute atomic E-state index is 16.9. The van der Waals surface area contributed by atoms with Crippen LogP contribution < -0.4 is 15.0 Å². The molecule has 0 saturated carbocycles. The summed E-state index contributed by atoms with van der Waals surface area (Å²) in [4.78, 5) is 17.1. The van der Waals surface area contributed by atoms with E-state index in [0.29, 0.717) is 37.3 Å². The predicted octanol–water partition coefficient (Wildman–Crippen LogP) is 4.71. The number of hydrogen-bond donors (Lipinski definition) is 2. The third kappa shape index (κ3) is 4.26. The molecular formula is C33H31F3N6O2. The summed E-state index contributed by atoms with van der Waals surface area (Å²) >= 11 is 0. The van der Waals surface area contributed by atoms with Gasteiger partial charge in [-0.2, -0.15) is 9.97 Å². The van der Waals surface area contributed by atoms with Gasteiger partial charge in [0.15, 0.2) is 5.82 Å². The first-order valence-electron chi connectivity index (χ1n) is 16.8. The molecule has 0 spiro atoms. The lowest BCUT2D eigenvalue weighted by molar-refractivity contribution is 0.107. The zero-order chi connectivity index (χ0) is 33.6. The summed E-state index contributed by atoms with van der Waals surface area (Å²) in [6.07, 6.45) is 3.26.